The molecule has 0 aliphatic heterocycles. The number of carboxylic acid groups (broad SMARTS) is 1. The summed E-state index contributed by atoms with van der Waals surface area (Å²) in [5.74, 6) is -1.47. The summed E-state index contributed by atoms with van der Waals surface area (Å²) in [5, 5.41) is 9.80. The van der Waals surface area contributed by atoms with Crippen LogP contribution in [0.25, 0.3) is 11.6 Å². The summed E-state index contributed by atoms with van der Waals surface area (Å²) in [6.07, 6.45) is 1.52. The van der Waals surface area contributed by atoms with Gasteiger partial charge in [-0.1, -0.05) is 35.9 Å². The van der Waals surface area contributed by atoms with Crippen molar-refractivity contribution < 1.29 is 14.3 Å². The fourth-order valence-corrected chi connectivity index (χ4v) is 1.75. The minimum atomic E-state index is -1.07. The molecule has 2 aromatic carbocycles. The van der Waals surface area contributed by atoms with Gasteiger partial charge in [-0.15, -0.1) is 0 Å². The highest BCUT2D eigenvalue weighted by molar-refractivity contribution is 6.30. The maximum absolute atomic E-state index is 12.8. The van der Waals surface area contributed by atoms with Gasteiger partial charge < -0.3 is 5.11 Å². The van der Waals surface area contributed by atoms with E-state index in [4.69, 9.17) is 11.6 Å². The Balaban J connectivity index is 2.43. The monoisotopic (exact) mass is 276 g/mol. The average Bonchev–Trinajstić information content (AvgIpc) is 2.39. The molecular formula is C15H10ClFO2. The molecule has 0 heterocycles. The van der Waals surface area contributed by atoms with E-state index in [2.05, 4.69) is 0 Å². The number of aliphatic carboxylic acids is 1. The molecule has 0 atom stereocenters. The van der Waals surface area contributed by atoms with Crippen LogP contribution < -0.4 is 0 Å². The predicted octanol–water partition coefficient (Wildman–Crippen LogP) is 4.10. The summed E-state index contributed by atoms with van der Waals surface area (Å²) in [7, 11) is 0. The lowest BCUT2D eigenvalue weighted by Crippen LogP contribution is -1.99. The molecule has 96 valence electrons. The third kappa shape index (κ3) is 3.42. The molecule has 19 heavy (non-hydrogen) atoms. The summed E-state index contributed by atoms with van der Waals surface area (Å²) in [6.45, 7) is 0. The molecule has 0 saturated carbocycles. The summed E-state index contributed by atoms with van der Waals surface area (Å²) < 4.78 is 12.8. The van der Waals surface area contributed by atoms with Crippen LogP contribution in [-0.2, 0) is 4.79 Å². The molecule has 2 aromatic rings. The topological polar surface area (TPSA) is 37.3 Å². The number of hydrogen-bond acceptors (Lipinski definition) is 1. The van der Waals surface area contributed by atoms with Gasteiger partial charge in [0.25, 0.3) is 0 Å². The van der Waals surface area contributed by atoms with Crippen LogP contribution in [0.15, 0.2) is 48.5 Å². The maximum Gasteiger partial charge on any atom is 0.336 e. The van der Waals surface area contributed by atoms with E-state index >= 15 is 0 Å². The molecular weight excluding hydrogens is 267 g/mol. The quantitative estimate of drug-likeness (QED) is 0.677. The lowest BCUT2D eigenvalue weighted by Gasteiger charge is -2.03. The van der Waals surface area contributed by atoms with Crippen molar-refractivity contribution in [3.8, 4) is 0 Å². The summed E-state index contributed by atoms with van der Waals surface area (Å²) in [4.78, 5) is 11.3. The van der Waals surface area contributed by atoms with Crippen LogP contribution in [0.4, 0.5) is 4.39 Å². The molecule has 0 spiro atoms. The van der Waals surface area contributed by atoms with E-state index in [1.807, 2.05) is 0 Å². The first-order chi connectivity index (χ1) is 9.06. The van der Waals surface area contributed by atoms with Gasteiger partial charge in [0.1, 0.15) is 5.82 Å². The number of rotatable bonds is 3. The van der Waals surface area contributed by atoms with Crippen molar-refractivity contribution in [2.75, 3.05) is 0 Å². The highest BCUT2D eigenvalue weighted by atomic mass is 35.5. The number of benzene rings is 2. The lowest BCUT2D eigenvalue weighted by atomic mass is 10.0. The normalized spacial score (nSPS) is 11.4. The molecule has 0 fully saturated rings. The average molecular weight is 277 g/mol. The van der Waals surface area contributed by atoms with E-state index in [1.54, 1.807) is 24.3 Å². The second-order valence-corrected chi connectivity index (χ2v) is 4.36. The van der Waals surface area contributed by atoms with Gasteiger partial charge in [0.15, 0.2) is 0 Å². The predicted molar refractivity (Wildman–Crippen MR) is 73.4 cm³/mol. The Morgan fingerprint density at radius 2 is 1.63 bits per heavy atom. The minimum Gasteiger partial charge on any atom is -0.478 e. The third-order valence-corrected chi connectivity index (χ3v) is 2.82. The Kier molecular flexibility index (Phi) is 3.97. The molecule has 0 aliphatic carbocycles. The molecule has 1 N–H and O–H groups in total. The van der Waals surface area contributed by atoms with Gasteiger partial charge in [0.05, 0.1) is 5.57 Å². The Bertz CT molecular complexity index is 616. The Hall–Kier alpha value is -2.13. The molecule has 0 radical (unpaired) electrons. The van der Waals surface area contributed by atoms with E-state index in [9.17, 15) is 14.3 Å². The number of hydrogen-bond donors (Lipinski definition) is 1. The van der Waals surface area contributed by atoms with Crippen LogP contribution in [0.3, 0.4) is 0 Å². The SMILES string of the molecule is O=C(O)/C(=C\c1ccc(Cl)cc1)c1ccc(F)cc1. The third-order valence-electron chi connectivity index (χ3n) is 2.57. The van der Waals surface area contributed by atoms with Crippen molar-refractivity contribution in [3.63, 3.8) is 0 Å². The highest BCUT2D eigenvalue weighted by Gasteiger charge is 2.10. The standard InChI is InChI=1S/C15H10ClFO2/c16-12-5-1-10(2-6-12)9-14(15(18)19)11-3-7-13(17)8-4-11/h1-9H,(H,18,19)/b14-9-. The van der Waals surface area contributed by atoms with Crippen LogP contribution in [0, 0.1) is 5.82 Å². The summed E-state index contributed by atoms with van der Waals surface area (Å²) in [6, 6.07) is 12.1. The van der Waals surface area contributed by atoms with Crippen molar-refractivity contribution in [3.05, 3.63) is 70.5 Å². The molecule has 0 amide bonds. The molecule has 0 unspecified atom stereocenters. The van der Waals surface area contributed by atoms with Crippen molar-refractivity contribution in [2.45, 2.75) is 0 Å². The smallest absolute Gasteiger partial charge is 0.336 e. The Morgan fingerprint density at radius 1 is 1.05 bits per heavy atom. The van der Waals surface area contributed by atoms with E-state index in [0.29, 0.717) is 16.1 Å². The number of carboxylic acids is 1. The molecule has 0 saturated heterocycles. The minimum absolute atomic E-state index is 0.0994. The lowest BCUT2D eigenvalue weighted by molar-refractivity contribution is -0.130. The van der Waals surface area contributed by atoms with Crippen LogP contribution >= 0.6 is 11.6 Å². The molecule has 2 rings (SSSR count). The van der Waals surface area contributed by atoms with Gasteiger partial charge in [-0.25, -0.2) is 9.18 Å². The largest absolute Gasteiger partial charge is 0.478 e. The van der Waals surface area contributed by atoms with Crippen molar-refractivity contribution in [1.82, 2.24) is 0 Å². The molecule has 0 aromatic heterocycles. The van der Waals surface area contributed by atoms with Gasteiger partial charge in [0.2, 0.25) is 0 Å². The van der Waals surface area contributed by atoms with Crippen LogP contribution in [-0.4, -0.2) is 11.1 Å². The molecule has 2 nitrogen and oxygen atoms in total. The first-order valence-electron chi connectivity index (χ1n) is 5.53. The first-order valence-corrected chi connectivity index (χ1v) is 5.90. The van der Waals surface area contributed by atoms with Crippen molar-refractivity contribution in [1.29, 1.82) is 0 Å². The fourth-order valence-electron chi connectivity index (χ4n) is 1.62. The Morgan fingerprint density at radius 3 is 2.16 bits per heavy atom. The van der Waals surface area contributed by atoms with E-state index in [-0.39, 0.29) is 5.57 Å². The maximum atomic E-state index is 12.8. The molecule has 0 aliphatic rings. The van der Waals surface area contributed by atoms with Crippen LogP contribution in [0.2, 0.25) is 5.02 Å². The van der Waals surface area contributed by atoms with Gasteiger partial charge in [-0.3, -0.25) is 0 Å². The molecule has 4 heteroatoms. The van der Waals surface area contributed by atoms with Crippen LogP contribution in [0.1, 0.15) is 11.1 Å². The summed E-state index contributed by atoms with van der Waals surface area (Å²) >= 11 is 5.77. The van der Waals surface area contributed by atoms with Crippen molar-refractivity contribution >= 4 is 29.2 Å². The highest BCUT2D eigenvalue weighted by Crippen LogP contribution is 2.20. The number of halogens is 2. The van der Waals surface area contributed by atoms with Crippen molar-refractivity contribution in [2.24, 2.45) is 0 Å². The first kappa shape index (κ1) is 13.3. The van der Waals surface area contributed by atoms with Crippen LogP contribution in [0.5, 0.6) is 0 Å². The Labute approximate surface area is 114 Å². The zero-order valence-corrected chi connectivity index (χ0v) is 10.6. The van der Waals surface area contributed by atoms with Gasteiger partial charge >= 0.3 is 5.97 Å². The second kappa shape index (κ2) is 5.67. The summed E-state index contributed by atoms with van der Waals surface area (Å²) in [5.41, 5.74) is 1.26. The second-order valence-electron chi connectivity index (χ2n) is 3.92. The van der Waals surface area contributed by atoms with Gasteiger partial charge in [-0.05, 0) is 41.5 Å². The fraction of sp³-hybridized carbons (Fsp3) is 0. The van der Waals surface area contributed by atoms with Gasteiger partial charge in [0, 0.05) is 5.02 Å². The number of carbonyl (C=O) groups is 1. The van der Waals surface area contributed by atoms with E-state index in [0.717, 1.165) is 0 Å². The van der Waals surface area contributed by atoms with Gasteiger partial charge in [-0.2, -0.15) is 0 Å². The molecule has 0 bridgehead atoms. The zero-order valence-electron chi connectivity index (χ0n) is 9.81. The van der Waals surface area contributed by atoms with E-state index in [1.165, 1.54) is 30.3 Å². The van der Waals surface area contributed by atoms with E-state index < -0.39 is 11.8 Å². The zero-order chi connectivity index (χ0) is 13.8.